The molecule has 28 heavy (non-hydrogen) atoms. The molecule has 0 aromatic heterocycles. The highest BCUT2D eigenvalue weighted by Gasteiger charge is 2.40. The number of carbonyl (C=O) groups excluding carboxylic acids is 1. The van der Waals surface area contributed by atoms with E-state index in [0.717, 1.165) is 29.7 Å². The minimum Gasteiger partial charge on any atom is -0.494 e. The van der Waals surface area contributed by atoms with Gasteiger partial charge >= 0.3 is 0 Å². The van der Waals surface area contributed by atoms with E-state index in [-0.39, 0.29) is 11.9 Å². The van der Waals surface area contributed by atoms with Crippen molar-refractivity contribution < 1.29 is 9.53 Å². The predicted molar refractivity (Wildman–Crippen MR) is 118 cm³/mol. The lowest BCUT2D eigenvalue weighted by Crippen LogP contribution is -2.41. The number of ether oxygens (including phenoxy) is 1. The van der Waals surface area contributed by atoms with Crippen LogP contribution in [0.4, 0.5) is 0 Å². The van der Waals surface area contributed by atoms with E-state index in [1.54, 1.807) is 0 Å². The second-order valence-electron chi connectivity index (χ2n) is 8.17. The Labute approximate surface area is 174 Å². The Kier molecular flexibility index (Phi) is 6.43. The van der Waals surface area contributed by atoms with Crippen LogP contribution in [0, 0.1) is 6.92 Å². The maximum Gasteiger partial charge on any atom is 0.277 e. The van der Waals surface area contributed by atoms with Crippen molar-refractivity contribution in [3.63, 3.8) is 0 Å². The summed E-state index contributed by atoms with van der Waals surface area (Å²) in [7, 11) is 1.90. The zero-order valence-electron chi connectivity index (χ0n) is 17.7. The minimum absolute atomic E-state index is 0.0405. The Hall–Kier alpha value is -1.88. The molecular formula is C23H32N2O2S. The Morgan fingerprint density at radius 3 is 2.54 bits per heavy atom. The fourth-order valence-electron chi connectivity index (χ4n) is 4.19. The third kappa shape index (κ3) is 3.95. The number of hydrogen-bond donors (Lipinski definition) is 0. The normalized spacial score (nSPS) is 20.0. The summed E-state index contributed by atoms with van der Waals surface area (Å²) < 4.78 is 5.83. The first-order valence-electron chi connectivity index (χ1n) is 10.4. The first-order chi connectivity index (χ1) is 13.3. The fourth-order valence-corrected chi connectivity index (χ4v) is 4.52. The molecule has 1 heterocycles. The first-order valence-corrected chi connectivity index (χ1v) is 10.9. The highest BCUT2D eigenvalue weighted by molar-refractivity contribution is 7.80. The molecule has 1 aliphatic carbocycles. The number of benzene rings is 1. The Balaban J connectivity index is 1.97. The van der Waals surface area contributed by atoms with Gasteiger partial charge in [-0.2, -0.15) is 0 Å². The summed E-state index contributed by atoms with van der Waals surface area (Å²) in [4.78, 5) is 17.0. The van der Waals surface area contributed by atoms with Crippen LogP contribution in [0.15, 0.2) is 17.8 Å². The number of hydrogen-bond acceptors (Lipinski definition) is 3. The van der Waals surface area contributed by atoms with Gasteiger partial charge in [0.1, 0.15) is 11.4 Å². The molecular weight excluding hydrogens is 368 g/mol. The van der Waals surface area contributed by atoms with Gasteiger partial charge in [-0.1, -0.05) is 33.1 Å². The van der Waals surface area contributed by atoms with Crippen molar-refractivity contribution in [2.45, 2.75) is 71.8 Å². The molecule has 1 saturated carbocycles. The van der Waals surface area contributed by atoms with E-state index in [1.165, 1.54) is 24.8 Å². The summed E-state index contributed by atoms with van der Waals surface area (Å²) in [5.74, 6) is 1.32. The zero-order chi connectivity index (χ0) is 20.4. The number of amides is 1. The lowest BCUT2D eigenvalue weighted by Gasteiger charge is -2.30. The Morgan fingerprint density at radius 2 is 1.93 bits per heavy atom. The highest BCUT2D eigenvalue weighted by atomic mass is 32.1. The molecule has 1 saturated heterocycles. The molecule has 0 bridgehead atoms. The molecule has 152 valence electrons. The molecule has 2 aliphatic rings. The van der Waals surface area contributed by atoms with Crippen molar-refractivity contribution in [2.24, 2.45) is 0 Å². The summed E-state index contributed by atoms with van der Waals surface area (Å²) in [5.41, 5.74) is 3.98. The number of carbonyl (C=O) groups is 1. The van der Waals surface area contributed by atoms with E-state index in [9.17, 15) is 4.79 Å². The third-order valence-electron chi connectivity index (χ3n) is 5.84. The molecule has 1 aliphatic heterocycles. The molecule has 3 rings (SSSR count). The van der Waals surface area contributed by atoms with Crippen LogP contribution < -0.4 is 4.74 Å². The fraction of sp³-hybridized carbons (Fsp3) is 0.565. The van der Waals surface area contributed by atoms with Gasteiger partial charge in [-0.3, -0.25) is 9.69 Å². The second kappa shape index (κ2) is 8.64. The van der Waals surface area contributed by atoms with Crippen LogP contribution in [-0.4, -0.2) is 40.5 Å². The molecule has 4 nitrogen and oxygen atoms in total. The van der Waals surface area contributed by atoms with Crippen molar-refractivity contribution in [1.29, 1.82) is 0 Å². The van der Waals surface area contributed by atoms with E-state index < -0.39 is 0 Å². The zero-order valence-corrected chi connectivity index (χ0v) is 18.6. The van der Waals surface area contributed by atoms with Crippen LogP contribution in [0.25, 0.3) is 6.08 Å². The second-order valence-corrected chi connectivity index (χ2v) is 8.54. The van der Waals surface area contributed by atoms with Crippen LogP contribution in [0.5, 0.6) is 5.75 Å². The topological polar surface area (TPSA) is 32.8 Å². The SMILES string of the molecule is CCOc1cc(C)c(/C=C2/C(=O)N(C3CCCCC3)C(=S)N2C)cc1C(C)C. The van der Waals surface area contributed by atoms with Gasteiger partial charge in [0.05, 0.1) is 6.61 Å². The van der Waals surface area contributed by atoms with Gasteiger partial charge in [0, 0.05) is 13.1 Å². The van der Waals surface area contributed by atoms with Crippen molar-refractivity contribution in [2.75, 3.05) is 13.7 Å². The Morgan fingerprint density at radius 1 is 1.25 bits per heavy atom. The molecule has 1 amide bonds. The van der Waals surface area contributed by atoms with Gasteiger partial charge in [0.25, 0.3) is 5.91 Å². The van der Waals surface area contributed by atoms with E-state index in [2.05, 4.69) is 32.9 Å². The van der Waals surface area contributed by atoms with E-state index in [4.69, 9.17) is 17.0 Å². The van der Waals surface area contributed by atoms with E-state index in [1.807, 2.05) is 29.8 Å². The van der Waals surface area contributed by atoms with Gasteiger partial charge in [-0.25, -0.2) is 0 Å². The Bertz CT molecular complexity index is 794. The van der Waals surface area contributed by atoms with Gasteiger partial charge in [-0.15, -0.1) is 0 Å². The smallest absolute Gasteiger partial charge is 0.277 e. The highest BCUT2D eigenvalue weighted by Crippen LogP contribution is 2.34. The van der Waals surface area contributed by atoms with Crippen LogP contribution in [0.3, 0.4) is 0 Å². The number of aryl methyl sites for hydroxylation is 1. The largest absolute Gasteiger partial charge is 0.494 e. The average molecular weight is 401 g/mol. The number of nitrogens with zero attached hydrogens (tertiary/aromatic N) is 2. The lowest BCUT2D eigenvalue weighted by atomic mass is 9.94. The summed E-state index contributed by atoms with van der Waals surface area (Å²) in [5, 5.41) is 0.635. The van der Waals surface area contributed by atoms with Crippen LogP contribution in [0.2, 0.25) is 0 Å². The van der Waals surface area contributed by atoms with Crippen LogP contribution in [0.1, 0.15) is 75.5 Å². The van der Waals surface area contributed by atoms with Gasteiger partial charge < -0.3 is 9.64 Å². The van der Waals surface area contributed by atoms with E-state index >= 15 is 0 Å². The van der Waals surface area contributed by atoms with Crippen molar-refractivity contribution >= 4 is 29.3 Å². The summed E-state index contributed by atoms with van der Waals surface area (Å²) in [6.45, 7) is 9.04. The molecule has 2 fully saturated rings. The molecule has 0 unspecified atom stereocenters. The molecule has 1 aromatic rings. The summed E-state index contributed by atoms with van der Waals surface area (Å²) in [6, 6.07) is 4.49. The standard InChI is InChI=1S/C23H32N2O2S/c1-6-27-21-12-16(4)17(13-19(21)15(2)3)14-20-22(26)25(23(28)24(20)5)18-10-8-7-9-11-18/h12-15,18H,6-11H2,1-5H3/b20-14-. The van der Waals surface area contributed by atoms with Crippen molar-refractivity contribution in [3.05, 3.63) is 34.5 Å². The molecule has 5 heteroatoms. The van der Waals surface area contributed by atoms with Crippen molar-refractivity contribution in [1.82, 2.24) is 9.80 Å². The number of likely N-dealkylation sites (N-methyl/N-ethyl adjacent to an activating group) is 1. The number of rotatable bonds is 5. The minimum atomic E-state index is 0.0405. The third-order valence-corrected chi connectivity index (χ3v) is 6.32. The number of thiocarbonyl (C=S) groups is 1. The molecule has 0 spiro atoms. The summed E-state index contributed by atoms with van der Waals surface area (Å²) >= 11 is 5.64. The first kappa shape index (κ1) is 20.8. The molecule has 0 atom stereocenters. The maximum atomic E-state index is 13.2. The average Bonchev–Trinajstić information content (AvgIpc) is 2.87. The van der Waals surface area contributed by atoms with E-state index in [0.29, 0.717) is 23.3 Å². The van der Waals surface area contributed by atoms with Crippen molar-refractivity contribution in [3.8, 4) is 5.75 Å². The predicted octanol–water partition coefficient (Wildman–Crippen LogP) is 5.25. The van der Waals surface area contributed by atoms with Gasteiger partial charge in [0.15, 0.2) is 5.11 Å². The lowest BCUT2D eigenvalue weighted by molar-refractivity contribution is -0.124. The van der Waals surface area contributed by atoms with Gasteiger partial charge in [0.2, 0.25) is 0 Å². The van der Waals surface area contributed by atoms with Gasteiger partial charge in [-0.05, 0) is 79.7 Å². The van der Waals surface area contributed by atoms with Crippen LogP contribution in [-0.2, 0) is 4.79 Å². The van der Waals surface area contributed by atoms with Crippen LogP contribution >= 0.6 is 12.2 Å². The molecule has 0 radical (unpaired) electrons. The summed E-state index contributed by atoms with van der Waals surface area (Å²) in [6.07, 6.45) is 7.70. The molecule has 0 N–H and O–H groups in total. The maximum absolute atomic E-state index is 13.2. The quantitative estimate of drug-likeness (QED) is 0.499. The molecule has 1 aromatic carbocycles. The monoisotopic (exact) mass is 400 g/mol.